The monoisotopic (exact) mass is 357 g/mol. The van der Waals surface area contributed by atoms with Crippen LogP contribution >= 0.6 is 0 Å². The Bertz CT molecular complexity index is 598. The van der Waals surface area contributed by atoms with Gasteiger partial charge < -0.3 is 9.64 Å². The number of ether oxygens (including phenoxy) is 1. The van der Waals surface area contributed by atoms with Crippen LogP contribution in [0.3, 0.4) is 0 Å². The third-order valence-electron chi connectivity index (χ3n) is 3.26. The number of carbonyl (C=O) groups excluding carboxylic acids is 1. The van der Waals surface area contributed by atoms with Crippen LogP contribution in [0.25, 0.3) is 0 Å². The number of esters is 1. The van der Waals surface area contributed by atoms with Crippen molar-refractivity contribution in [2.45, 2.75) is 25.4 Å². The third kappa shape index (κ3) is 4.40. The number of carbonyl (C=O) groups is 1. The van der Waals surface area contributed by atoms with Crippen LogP contribution in [-0.4, -0.2) is 44.3 Å². The summed E-state index contributed by atoms with van der Waals surface area (Å²) in [5.41, 5.74) is -2.65. The first-order valence-corrected chi connectivity index (χ1v) is 7.01. The van der Waals surface area contributed by atoms with Crippen molar-refractivity contribution in [3.8, 4) is 0 Å². The average molecular weight is 357 g/mol. The Morgan fingerprint density at radius 2 is 1.75 bits per heavy atom. The minimum atomic E-state index is -5.86. The lowest BCUT2D eigenvalue weighted by Crippen LogP contribution is -2.35. The van der Waals surface area contributed by atoms with E-state index in [9.17, 15) is 31.1 Å². The van der Waals surface area contributed by atoms with E-state index in [-0.39, 0.29) is 19.1 Å². The molecule has 0 aromatic heterocycles. The van der Waals surface area contributed by atoms with Crippen molar-refractivity contribution in [3.63, 3.8) is 0 Å². The first-order chi connectivity index (χ1) is 10.9. The van der Waals surface area contributed by atoms with Gasteiger partial charge in [0.05, 0.1) is 5.56 Å². The molecule has 1 rings (SSSR count). The number of benzene rings is 1. The van der Waals surface area contributed by atoms with Crippen LogP contribution in [0.4, 0.5) is 26.3 Å². The predicted molar refractivity (Wildman–Crippen MR) is 74.6 cm³/mol. The van der Waals surface area contributed by atoms with E-state index in [4.69, 9.17) is 4.74 Å². The van der Waals surface area contributed by atoms with E-state index in [1.165, 1.54) is 6.92 Å². The number of alkyl halides is 5. The molecule has 0 radical (unpaired) electrons. The van der Waals surface area contributed by atoms with Gasteiger partial charge in [0.15, 0.2) is 0 Å². The molecule has 3 nitrogen and oxygen atoms in total. The second kappa shape index (κ2) is 7.42. The molecule has 24 heavy (non-hydrogen) atoms. The lowest BCUT2D eigenvalue weighted by molar-refractivity contribution is -0.289. The normalized spacial score (nSPS) is 12.6. The zero-order chi connectivity index (χ0) is 18.7. The molecule has 0 heterocycles. The zero-order valence-electron chi connectivity index (χ0n) is 13.3. The second-order valence-corrected chi connectivity index (χ2v) is 5.35. The van der Waals surface area contributed by atoms with Crippen molar-refractivity contribution in [1.82, 2.24) is 4.90 Å². The fourth-order valence-corrected chi connectivity index (χ4v) is 1.91. The number of likely N-dealkylation sites (N-methyl/N-ethyl adjacent to an activating group) is 1. The van der Waals surface area contributed by atoms with Crippen molar-refractivity contribution in [1.29, 1.82) is 0 Å². The molecule has 0 atom stereocenters. The lowest BCUT2D eigenvalue weighted by atomic mass is 9.96. The van der Waals surface area contributed by atoms with E-state index in [1.807, 2.05) is 0 Å². The molecule has 136 valence electrons. The van der Waals surface area contributed by atoms with Gasteiger partial charge in [0.25, 0.3) is 0 Å². The van der Waals surface area contributed by atoms with Crippen molar-refractivity contribution in [2.24, 2.45) is 0 Å². The Labute approximate surface area is 135 Å². The number of halogens is 6. The average Bonchev–Trinajstić information content (AvgIpc) is 2.45. The zero-order valence-corrected chi connectivity index (χ0v) is 13.3. The predicted octanol–water partition coefficient (Wildman–Crippen LogP) is 3.76. The Balaban J connectivity index is 3.19. The first-order valence-electron chi connectivity index (χ1n) is 7.01. The van der Waals surface area contributed by atoms with E-state index in [2.05, 4.69) is 0 Å². The van der Waals surface area contributed by atoms with Gasteiger partial charge in [-0.25, -0.2) is 9.18 Å². The van der Waals surface area contributed by atoms with Gasteiger partial charge in [0, 0.05) is 12.1 Å². The standard InChI is InChI=1S/C15H17F6NO2/c1-4-9-7-10(13(23)24-6-5-22(2)3)12(16)8-11(9)14(17,18)15(19,20)21/h7-8H,4-6H2,1-3H3. The molecule has 0 saturated heterocycles. The smallest absolute Gasteiger partial charge is 0.458 e. The van der Waals surface area contributed by atoms with E-state index >= 15 is 0 Å². The van der Waals surface area contributed by atoms with E-state index in [0.29, 0.717) is 12.6 Å². The van der Waals surface area contributed by atoms with E-state index in [0.717, 1.165) is 0 Å². The summed E-state index contributed by atoms with van der Waals surface area (Å²) in [4.78, 5) is 13.5. The van der Waals surface area contributed by atoms with Gasteiger partial charge in [0.1, 0.15) is 12.4 Å². The Morgan fingerprint density at radius 1 is 1.17 bits per heavy atom. The van der Waals surface area contributed by atoms with Crippen LogP contribution in [0.15, 0.2) is 12.1 Å². The van der Waals surface area contributed by atoms with Crippen molar-refractivity contribution in [3.05, 3.63) is 34.6 Å². The van der Waals surface area contributed by atoms with Crippen molar-refractivity contribution in [2.75, 3.05) is 27.2 Å². The SMILES string of the molecule is CCc1cc(C(=O)OCCN(C)C)c(F)cc1C(F)(F)C(F)(F)F. The van der Waals surface area contributed by atoms with Gasteiger partial charge in [-0.3, -0.25) is 0 Å². The fraction of sp³-hybridized carbons (Fsp3) is 0.533. The Hall–Kier alpha value is -1.77. The molecule has 0 N–H and O–H groups in total. The van der Waals surface area contributed by atoms with Crippen LogP contribution in [-0.2, 0) is 17.1 Å². The molecule has 0 unspecified atom stereocenters. The second-order valence-electron chi connectivity index (χ2n) is 5.35. The number of hydrogen-bond donors (Lipinski definition) is 0. The maximum absolute atomic E-state index is 13.9. The molecular formula is C15H17F6NO2. The number of rotatable bonds is 6. The highest BCUT2D eigenvalue weighted by molar-refractivity contribution is 5.90. The maximum Gasteiger partial charge on any atom is 0.458 e. The summed E-state index contributed by atoms with van der Waals surface area (Å²) in [6.07, 6.45) is -6.10. The van der Waals surface area contributed by atoms with Gasteiger partial charge in [-0.2, -0.15) is 22.0 Å². The molecule has 1 aromatic carbocycles. The van der Waals surface area contributed by atoms with Crippen LogP contribution in [0, 0.1) is 5.82 Å². The van der Waals surface area contributed by atoms with E-state index in [1.54, 1.807) is 19.0 Å². The largest absolute Gasteiger partial charge is 0.461 e. The first kappa shape index (κ1) is 20.3. The van der Waals surface area contributed by atoms with Crippen LogP contribution in [0.2, 0.25) is 0 Å². The summed E-state index contributed by atoms with van der Waals surface area (Å²) in [7, 11) is 3.41. The molecule has 0 aliphatic heterocycles. The van der Waals surface area contributed by atoms with Crippen molar-refractivity contribution < 1.29 is 35.9 Å². The van der Waals surface area contributed by atoms with Crippen LogP contribution in [0.5, 0.6) is 0 Å². The summed E-state index contributed by atoms with van der Waals surface area (Å²) in [6.45, 7) is 1.59. The molecule has 0 aliphatic rings. The summed E-state index contributed by atoms with van der Waals surface area (Å²) < 4.78 is 83.2. The Morgan fingerprint density at radius 3 is 2.21 bits per heavy atom. The Kier molecular flexibility index (Phi) is 6.26. The lowest BCUT2D eigenvalue weighted by Gasteiger charge is -2.23. The fourth-order valence-electron chi connectivity index (χ4n) is 1.91. The third-order valence-corrected chi connectivity index (χ3v) is 3.26. The summed E-state index contributed by atoms with van der Waals surface area (Å²) in [6, 6.07) is 0.733. The van der Waals surface area contributed by atoms with Gasteiger partial charge >= 0.3 is 18.1 Å². The number of aryl methyl sites for hydroxylation is 1. The van der Waals surface area contributed by atoms with Gasteiger partial charge in [-0.1, -0.05) is 6.92 Å². The topological polar surface area (TPSA) is 29.5 Å². The van der Waals surface area contributed by atoms with Crippen LogP contribution < -0.4 is 0 Å². The molecule has 0 spiro atoms. The van der Waals surface area contributed by atoms with Gasteiger partial charge in [-0.15, -0.1) is 0 Å². The molecule has 9 heteroatoms. The minimum Gasteiger partial charge on any atom is -0.461 e. The van der Waals surface area contributed by atoms with E-state index < -0.39 is 40.6 Å². The van der Waals surface area contributed by atoms with Crippen molar-refractivity contribution >= 4 is 5.97 Å². The molecular weight excluding hydrogens is 340 g/mol. The summed E-state index contributed by atoms with van der Waals surface area (Å²) in [5, 5.41) is 0. The number of hydrogen-bond acceptors (Lipinski definition) is 3. The summed E-state index contributed by atoms with van der Waals surface area (Å²) >= 11 is 0. The molecule has 0 bridgehead atoms. The molecule has 1 aromatic rings. The quantitative estimate of drug-likeness (QED) is 0.574. The molecule has 0 aliphatic carbocycles. The molecule has 0 saturated carbocycles. The van der Waals surface area contributed by atoms with Gasteiger partial charge in [-0.05, 0) is 38.2 Å². The van der Waals surface area contributed by atoms with Gasteiger partial charge in [0.2, 0.25) is 0 Å². The van der Waals surface area contributed by atoms with Crippen LogP contribution in [0.1, 0.15) is 28.4 Å². The maximum atomic E-state index is 13.9. The molecule has 0 amide bonds. The highest BCUT2D eigenvalue weighted by Crippen LogP contribution is 2.45. The molecule has 0 fully saturated rings. The highest BCUT2D eigenvalue weighted by atomic mass is 19.4. The minimum absolute atomic E-state index is 0.0505. The highest BCUT2D eigenvalue weighted by Gasteiger charge is 2.59. The summed E-state index contributed by atoms with van der Waals surface area (Å²) in [5.74, 6) is -7.82. The number of nitrogens with zero attached hydrogens (tertiary/aromatic N) is 1.